The fourth-order valence-electron chi connectivity index (χ4n) is 4.21. The lowest BCUT2D eigenvalue weighted by atomic mass is 9.94. The number of methoxy groups -OCH3 is 1. The Morgan fingerprint density at radius 3 is 2.79 bits per heavy atom. The first kappa shape index (κ1) is 22.7. The number of halogens is 1. The summed E-state index contributed by atoms with van der Waals surface area (Å²) in [5.74, 6) is -1.24. The van der Waals surface area contributed by atoms with Gasteiger partial charge < -0.3 is 24.4 Å². The molecule has 2 aliphatic rings. The third-order valence-corrected chi connectivity index (χ3v) is 5.98. The van der Waals surface area contributed by atoms with Gasteiger partial charge in [-0.2, -0.15) is 0 Å². The van der Waals surface area contributed by atoms with Gasteiger partial charge in [-0.1, -0.05) is 6.07 Å². The molecule has 3 atom stereocenters. The van der Waals surface area contributed by atoms with Gasteiger partial charge in [0.1, 0.15) is 24.3 Å². The monoisotopic (exact) mass is 456 g/mol. The summed E-state index contributed by atoms with van der Waals surface area (Å²) < 4.78 is 30.1. The topological polar surface area (TPSA) is 94.2 Å². The molecular weight excluding hydrogens is 431 g/mol. The van der Waals surface area contributed by atoms with Crippen molar-refractivity contribution in [3.05, 3.63) is 59.4 Å². The number of rotatable bonds is 4. The number of nitrogens with one attached hydrogen (secondary N) is 1. The fourth-order valence-corrected chi connectivity index (χ4v) is 4.21. The van der Waals surface area contributed by atoms with Gasteiger partial charge in [0.25, 0.3) is 11.8 Å². The van der Waals surface area contributed by atoms with Crippen LogP contribution < -0.4 is 10.1 Å². The van der Waals surface area contributed by atoms with Gasteiger partial charge in [0, 0.05) is 18.3 Å². The standard InChI is InChI=1S/C24H25FN2O6/c1-27-19-8-7-17(12-22(28)31-2)33-21(19)13-32-20-9-6-16(11-18(20)24(27)30)26-23(29)14-4-3-5-15(25)10-14/h3-6,9-11,17,19,21H,7-8,12-13H2,1-2H3,(H,26,29)/t17-,19-,21-/m1/s1. The molecule has 0 spiro atoms. The largest absolute Gasteiger partial charge is 0.490 e. The highest BCUT2D eigenvalue weighted by atomic mass is 19.1. The van der Waals surface area contributed by atoms with Gasteiger partial charge in [0.15, 0.2) is 0 Å². The quantitative estimate of drug-likeness (QED) is 0.711. The molecule has 4 rings (SSSR count). The highest BCUT2D eigenvalue weighted by molar-refractivity contribution is 6.05. The third kappa shape index (κ3) is 4.98. The van der Waals surface area contributed by atoms with E-state index in [1.165, 1.54) is 25.3 Å². The summed E-state index contributed by atoms with van der Waals surface area (Å²) in [5.41, 5.74) is 0.873. The van der Waals surface area contributed by atoms with Crippen molar-refractivity contribution in [1.29, 1.82) is 0 Å². The average Bonchev–Trinajstić information content (AvgIpc) is 2.81. The Hall–Kier alpha value is -3.46. The highest BCUT2D eigenvalue weighted by Crippen LogP contribution is 2.32. The number of hydrogen-bond donors (Lipinski definition) is 1. The maximum Gasteiger partial charge on any atom is 0.308 e. The van der Waals surface area contributed by atoms with Crippen LogP contribution >= 0.6 is 0 Å². The van der Waals surface area contributed by atoms with Gasteiger partial charge in [0.05, 0.1) is 31.2 Å². The minimum Gasteiger partial charge on any atom is -0.490 e. The minimum absolute atomic E-state index is 0.155. The molecule has 9 heteroatoms. The number of nitrogens with zero attached hydrogens (tertiary/aromatic N) is 1. The molecule has 1 N–H and O–H groups in total. The van der Waals surface area contributed by atoms with Crippen LogP contribution in [0.5, 0.6) is 5.75 Å². The number of esters is 1. The van der Waals surface area contributed by atoms with Crippen molar-refractivity contribution in [2.45, 2.75) is 37.5 Å². The number of ether oxygens (including phenoxy) is 3. The molecule has 33 heavy (non-hydrogen) atoms. The summed E-state index contributed by atoms with van der Waals surface area (Å²) in [6, 6.07) is 9.91. The second-order valence-electron chi connectivity index (χ2n) is 8.12. The SMILES string of the molecule is COC(=O)C[C@H]1CC[C@@H]2[C@@H](COc3ccc(NC(=O)c4cccc(F)c4)cc3C(=O)N2C)O1. The fraction of sp³-hybridized carbons (Fsp3) is 0.375. The zero-order valence-corrected chi connectivity index (χ0v) is 18.4. The maximum atomic E-state index is 13.4. The van der Waals surface area contributed by atoms with Gasteiger partial charge in [-0.3, -0.25) is 14.4 Å². The molecule has 174 valence electrons. The molecule has 2 aliphatic heterocycles. The van der Waals surface area contributed by atoms with Crippen molar-refractivity contribution in [2.24, 2.45) is 0 Å². The van der Waals surface area contributed by atoms with Crippen LogP contribution in [-0.4, -0.2) is 61.7 Å². The predicted octanol–water partition coefficient (Wildman–Crippen LogP) is 3.02. The van der Waals surface area contributed by atoms with E-state index in [-0.39, 0.29) is 48.7 Å². The van der Waals surface area contributed by atoms with Crippen molar-refractivity contribution < 1.29 is 33.0 Å². The minimum atomic E-state index is -0.510. The maximum absolute atomic E-state index is 13.4. The Morgan fingerprint density at radius 2 is 2.03 bits per heavy atom. The van der Waals surface area contributed by atoms with Gasteiger partial charge in [0.2, 0.25) is 0 Å². The van der Waals surface area contributed by atoms with E-state index in [2.05, 4.69) is 5.32 Å². The Labute approximate surface area is 190 Å². The normalized spacial score (nSPS) is 22.2. The zero-order valence-electron chi connectivity index (χ0n) is 18.4. The molecule has 8 nitrogen and oxygen atoms in total. The van der Waals surface area contributed by atoms with E-state index in [1.807, 2.05) is 0 Å². The average molecular weight is 456 g/mol. The van der Waals surface area contributed by atoms with Crippen LogP contribution in [0.1, 0.15) is 40.0 Å². The lowest BCUT2D eigenvalue weighted by molar-refractivity contribution is -0.151. The molecule has 2 aromatic carbocycles. The molecule has 0 aliphatic carbocycles. The number of carbonyl (C=O) groups is 3. The number of likely N-dealkylation sites (N-methyl/N-ethyl adjacent to an activating group) is 1. The van der Waals surface area contributed by atoms with Crippen LogP contribution in [-0.2, 0) is 14.3 Å². The zero-order chi connectivity index (χ0) is 23.5. The first-order chi connectivity index (χ1) is 15.9. The number of amides is 2. The molecule has 0 unspecified atom stereocenters. The van der Waals surface area contributed by atoms with E-state index in [1.54, 1.807) is 30.1 Å². The van der Waals surface area contributed by atoms with Gasteiger partial charge >= 0.3 is 5.97 Å². The van der Waals surface area contributed by atoms with Crippen LogP contribution in [0.2, 0.25) is 0 Å². The molecule has 1 fully saturated rings. The lowest BCUT2D eigenvalue weighted by Crippen LogP contribution is -2.53. The molecule has 0 radical (unpaired) electrons. The van der Waals surface area contributed by atoms with E-state index in [9.17, 15) is 18.8 Å². The van der Waals surface area contributed by atoms with Gasteiger partial charge in [-0.15, -0.1) is 0 Å². The summed E-state index contributed by atoms with van der Waals surface area (Å²) in [6.45, 7) is 0.210. The Kier molecular flexibility index (Phi) is 6.60. The number of hydrogen-bond acceptors (Lipinski definition) is 6. The van der Waals surface area contributed by atoms with Crippen molar-refractivity contribution >= 4 is 23.5 Å². The lowest BCUT2D eigenvalue weighted by Gasteiger charge is -2.42. The van der Waals surface area contributed by atoms with E-state index in [0.717, 1.165) is 6.07 Å². The highest BCUT2D eigenvalue weighted by Gasteiger charge is 2.39. The summed E-state index contributed by atoms with van der Waals surface area (Å²) in [5, 5.41) is 2.69. The molecule has 0 bridgehead atoms. The first-order valence-electron chi connectivity index (χ1n) is 10.7. The first-order valence-corrected chi connectivity index (χ1v) is 10.7. The van der Waals surface area contributed by atoms with Crippen LogP contribution in [0.4, 0.5) is 10.1 Å². The Morgan fingerprint density at radius 1 is 1.21 bits per heavy atom. The van der Waals surface area contributed by atoms with Gasteiger partial charge in [-0.25, -0.2) is 4.39 Å². The van der Waals surface area contributed by atoms with Crippen molar-refractivity contribution in [3.63, 3.8) is 0 Å². The predicted molar refractivity (Wildman–Crippen MR) is 117 cm³/mol. The molecule has 2 aromatic rings. The summed E-state index contributed by atoms with van der Waals surface area (Å²) in [6.07, 6.45) is 0.753. The number of fused-ring (bicyclic) bond motifs is 2. The second-order valence-corrected chi connectivity index (χ2v) is 8.12. The molecule has 1 saturated heterocycles. The molecule has 2 amide bonds. The molecule has 2 heterocycles. The summed E-state index contributed by atoms with van der Waals surface area (Å²) in [4.78, 5) is 39.0. The second kappa shape index (κ2) is 9.58. The van der Waals surface area contributed by atoms with E-state index in [0.29, 0.717) is 29.8 Å². The molecular formula is C24H25FN2O6. The third-order valence-electron chi connectivity index (χ3n) is 5.98. The van der Waals surface area contributed by atoms with Crippen molar-refractivity contribution in [2.75, 3.05) is 26.1 Å². The Bertz CT molecular complexity index is 1070. The van der Waals surface area contributed by atoms with E-state index < -0.39 is 11.7 Å². The number of carbonyl (C=O) groups excluding carboxylic acids is 3. The molecule has 0 saturated carbocycles. The number of benzene rings is 2. The van der Waals surface area contributed by atoms with Crippen LogP contribution in [0.25, 0.3) is 0 Å². The van der Waals surface area contributed by atoms with Gasteiger partial charge in [-0.05, 0) is 49.2 Å². The van der Waals surface area contributed by atoms with Crippen LogP contribution in [0, 0.1) is 5.82 Å². The Balaban J connectivity index is 1.52. The van der Waals surface area contributed by atoms with Crippen LogP contribution in [0.3, 0.4) is 0 Å². The van der Waals surface area contributed by atoms with Crippen molar-refractivity contribution in [3.8, 4) is 5.75 Å². The summed E-state index contributed by atoms with van der Waals surface area (Å²) >= 11 is 0. The van der Waals surface area contributed by atoms with Crippen molar-refractivity contribution in [1.82, 2.24) is 4.90 Å². The smallest absolute Gasteiger partial charge is 0.308 e. The van der Waals surface area contributed by atoms with E-state index in [4.69, 9.17) is 14.2 Å². The van der Waals surface area contributed by atoms with E-state index >= 15 is 0 Å². The van der Waals surface area contributed by atoms with Crippen LogP contribution in [0.15, 0.2) is 42.5 Å². The summed E-state index contributed by atoms with van der Waals surface area (Å²) in [7, 11) is 3.04. The number of anilines is 1. The molecule has 0 aromatic heterocycles.